The first kappa shape index (κ1) is 27.0. The minimum Gasteiger partial charge on any atom is -0.456 e. The molecule has 5 N–H and O–H groups in total. The van der Waals surface area contributed by atoms with Crippen LogP contribution < -0.4 is 16.6 Å². The second-order valence-electron chi connectivity index (χ2n) is 10.4. The summed E-state index contributed by atoms with van der Waals surface area (Å²) in [7, 11) is 0. The van der Waals surface area contributed by atoms with Crippen molar-refractivity contribution in [2.75, 3.05) is 12.4 Å². The fourth-order valence-electron chi connectivity index (χ4n) is 5.49. The number of nitrogens with two attached hydrogens (primary N) is 1. The summed E-state index contributed by atoms with van der Waals surface area (Å²) in [5, 5.41) is 4.87. The summed E-state index contributed by atoms with van der Waals surface area (Å²) in [6.45, 7) is 0.611. The average Bonchev–Trinajstić information content (AvgIpc) is 3.83. The normalized spacial score (nSPS) is 12.3. The quantitative estimate of drug-likeness (QED) is 0.156. The van der Waals surface area contributed by atoms with Crippen LogP contribution in [0.3, 0.4) is 0 Å². The predicted octanol–water partition coefficient (Wildman–Crippen LogP) is 8.65. The number of anilines is 1. The molecule has 6 nitrogen and oxygen atoms in total. The SMILES string of the molecule is Nc1ccccc1-c1ccccc1.c1ccc2c(c1)[nH]c1ccccc12.c1ccc2c(c1)oc1ccc(C3=NCNN3)cc12. The van der Waals surface area contributed by atoms with Gasteiger partial charge in [0.1, 0.15) is 23.7 Å². The lowest BCUT2D eigenvalue weighted by atomic mass is 10.0. The zero-order valence-corrected chi connectivity index (χ0v) is 24.0. The molecule has 2 aromatic heterocycles. The maximum absolute atomic E-state index is 5.85. The van der Waals surface area contributed by atoms with Crippen molar-refractivity contribution in [1.29, 1.82) is 0 Å². The second kappa shape index (κ2) is 12.2. The fraction of sp³-hybridized carbons (Fsp3) is 0.0263. The first-order valence-corrected chi connectivity index (χ1v) is 14.5. The molecular formula is C38H31N5O. The molecule has 0 amide bonds. The smallest absolute Gasteiger partial charge is 0.144 e. The molecule has 1 aliphatic heterocycles. The summed E-state index contributed by atoms with van der Waals surface area (Å²) in [6.07, 6.45) is 0. The van der Waals surface area contributed by atoms with Gasteiger partial charge in [-0.1, -0.05) is 103 Å². The Morgan fingerprint density at radius 2 is 1.16 bits per heavy atom. The summed E-state index contributed by atoms with van der Waals surface area (Å²) >= 11 is 0. The Hall–Kier alpha value is -5.85. The van der Waals surface area contributed by atoms with E-state index >= 15 is 0 Å². The topological polar surface area (TPSA) is 91.4 Å². The number of aromatic nitrogens is 1. The van der Waals surface area contributed by atoms with E-state index in [1.807, 2.05) is 72.8 Å². The highest BCUT2D eigenvalue weighted by molar-refractivity contribution is 6.09. The summed E-state index contributed by atoms with van der Waals surface area (Å²) in [6, 6.07) is 49.0. The molecule has 0 saturated carbocycles. The Balaban J connectivity index is 0.000000109. The molecule has 44 heavy (non-hydrogen) atoms. The number of aliphatic imine (C=N–C) groups is 1. The summed E-state index contributed by atoms with van der Waals surface area (Å²) in [4.78, 5) is 7.72. The highest BCUT2D eigenvalue weighted by Crippen LogP contribution is 2.29. The largest absolute Gasteiger partial charge is 0.456 e. The number of nitrogens with one attached hydrogen (secondary N) is 3. The highest BCUT2D eigenvalue weighted by Gasteiger charge is 2.11. The molecule has 214 valence electrons. The zero-order chi connectivity index (χ0) is 29.7. The molecule has 6 heteroatoms. The van der Waals surface area contributed by atoms with Crippen molar-refractivity contribution in [2.45, 2.75) is 0 Å². The predicted molar refractivity (Wildman–Crippen MR) is 183 cm³/mol. The van der Waals surface area contributed by atoms with Crippen molar-refractivity contribution >= 4 is 55.3 Å². The number of furan rings is 1. The van der Waals surface area contributed by atoms with Gasteiger partial charge in [-0.2, -0.15) is 0 Å². The lowest BCUT2D eigenvalue weighted by Gasteiger charge is -2.03. The number of aromatic amines is 1. The summed E-state index contributed by atoms with van der Waals surface area (Å²) < 4.78 is 5.79. The average molecular weight is 574 g/mol. The number of benzene rings is 6. The van der Waals surface area contributed by atoms with Crippen LogP contribution >= 0.6 is 0 Å². The summed E-state index contributed by atoms with van der Waals surface area (Å²) in [5.41, 5.74) is 20.3. The molecule has 1 aliphatic rings. The third-order valence-electron chi connectivity index (χ3n) is 7.63. The zero-order valence-electron chi connectivity index (χ0n) is 24.0. The van der Waals surface area contributed by atoms with Crippen molar-refractivity contribution in [3.63, 3.8) is 0 Å². The fourth-order valence-corrected chi connectivity index (χ4v) is 5.49. The van der Waals surface area contributed by atoms with E-state index in [-0.39, 0.29) is 0 Å². The molecular weight excluding hydrogens is 542 g/mol. The van der Waals surface area contributed by atoms with Gasteiger partial charge in [-0.3, -0.25) is 0 Å². The lowest BCUT2D eigenvalue weighted by Crippen LogP contribution is -2.30. The van der Waals surface area contributed by atoms with Gasteiger partial charge in [-0.15, -0.1) is 0 Å². The molecule has 6 aromatic carbocycles. The van der Waals surface area contributed by atoms with E-state index < -0.39 is 0 Å². The molecule has 0 saturated heterocycles. The van der Waals surface area contributed by atoms with Crippen molar-refractivity contribution in [3.05, 3.63) is 151 Å². The van der Waals surface area contributed by atoms with Crippen LogP contribution in [0.1, 0.15) is 5.56 Å². The Morgan fingerprint density at radius 3 is 1.86 bits per heavy atom. The first-order chi connectivity index (χ1) is 21.7. The molecule has 0 radical (unpaired) electrons. The van der Waals surface area contributed by atoms with Gasteiger partial charge in [0, 0.05) is 49.4 Å². The number of para-hydroxylation sites is 4. The van der Waals surface area contributed by atoms with Crippen molar-refractivity contribution in [1.82, 2.24) is 15.8 Å². The van der Waals surface area contributed by atoms with Crippen LogP contribution in [0.25, 0.3) is 54.9 Å². The van der Waals surface area contributed by atoms with E-state index in [4.69, 9.17) is 10.2 Å². The van der Waals surface area contributed by atoms with E-state index in [0.717, 1.165) is 44.6 Å². The molecule has 0 bridgehead atoms. The van der Waals surface area contributed by atoms with Gasteiger partial charge < -0.3 is 20.6 Å². The molecule has 0 aliphatic carbocycles. The van der Waals surface area contributed by atoms with Gasteiger partial charge >= 0.3 is 0 Å². The third-order valence-corrected chi connectivity index (χ3v) is 7.63. The number of nitrogen functional groups attached to an aromatic ring is 1. The van der Waals surface area contributed by atoms with Crippen LogP contribution in [0.2, 0.25) is 0 Å². The van der Waals surface area contributed by atoms with Crippen LogP contribution in [0.15, 0.2) is 155 Å². The van der Waals surface area contributed by atoms with Gasteiger partial charge in [-0.05, 0) is 48.0 Å². The lowest BCUT2D eigenvalue weighted by molar-refractivity contribution is 0.669. The molecule has 0 fully saturated rings. The van der Waals surface area contributed by atoms with Crippen LogP contribution in [0.4, 0.5) is 5.69 Å². The van der Waals surface area contributed by atoms with E-state index in [2.05, 4.69) is 93.6 Å². The van der Waals surface area contributed by atoms with Crippen LogP contribution in [0.5, 0.6) is 0 Å². The van der Waals surface area contributed by atoms with Crippen LogP contribution in [-0.2, 0) is 0 Å². The molecule has 3 heterocycles. The molecule has 0 atom stereocenters. The number of rotatable bonds is 2. The van der Waals surface area contributed by atoms with E-state index in [0.29, 0.717) is 6.67 Å². The van der Waals surface area contributed by atoms with Gasteiger partial charge in [0.2, 0.25) is 0 Å². The number of fused-ring (bicyclic) bond motifs is 6. The minimum absolute atomic E-state index is 0.611. The van der Waals surface area contributed by atoms with Gasteiger partial charge in [-0.25, -0.2) is 10.4 Å². The Morgan fingerprint density at radius 1 is 0.545 bits per heavy atom. The van der Waals surface area contributed by atoms with Crippen molar-refractivity contribution < 1.29 is 4.42 Å². The molecule has 8 aromatic rings. The van der Waals surface area contributed by atoms with Gasteiger partial charge in [0.15, 0.2) is 0 Å². The Bertz CT molecular complexity index is 2180. The number of H-pyrrole nitrogens is 1. The maximum atomic E-state index is 5.85. The molecule has 0 unspecified atom stereocenters. The Kier molecular flexibility index (Phi) is 7.47. The van der Waals surface area contributed by atoms with Gasteiger partial charge in [0.25, 0.3) is 0 Å². The number of hydrogen-bond acceptors (Lipinski definition) is 5. The minimum atomic E-state index is 0.611. The van der Waals surface area contributed by atoms with Crippen molar-refractivity contribution in [3.8, 4) is 11.1 Å². The molecule has 0 spiro atoms. The second-order valence-corrected chi connectivity index (χ2v) is 10.4. The monoisotopic (exact) mass is 573 g/mol. The first-order valence-electron chi connectivity index (χ1n) is 14.5. The van der Waals surface area contributed by atoms with E-state index in [1.165, 1.54) is 27.4 Å². The summed E-state index contributed by atoms with van der Waals surface area (Å²) in [5.74, 6) is 0.877. The molecule has 9 rings (SSSR count). The number of nitrogens with zero attached hydrogens (tertiary/aromatic N) is 1. The van der Waals surface area contributed by atoms with Crippen LogP contribution in [-0.4, -0.2) is 17.5 Å². The Labute approximate surface area is 254 Å². The van der Waals surface area contributed by atoms with Crippen LogP contribution in [0, 0.1) is 0 Å². The number of hydrogen-bond donors (Lipinski definition) is 4. The standard InChI is InChI=1S/C14H11N3O.C12H9N.C12H11N/c1-2-4-12-10(3-1)11-7-9(5-6-13(11)18-12)14-15-8-16-17-14;1-3-7-11-9(5-1)10-6-2-4-8-12(10)13-11;13-12-9-5-4-8-11(12)10-6-2-1-3-7-10/h1-7,16H,8H2,(H,15,17);1-8,13H;1-9H,13H2. The van der Waals surface area contributed by atoms with E-state index in [9.17, 15) is 0 Å². The van der Waals surface area contributed by atoms with E-state index in [1.54, 1.807) is 0 Å². The number of amidine groups is 1. The highest BCUT2D eigenvalue weighted by atomic mass is 16.3. The maximum Gasteiger partial charge on any atom is 0.144 e. The van der Waals surface area contributed by atoms with Gasteiger partial charge in [0.05, 0.1) is 0 Å². The number of hydrazine groups is 1. The van der Waals surface area contributed by atoms with Crippen molar-refractivity contribution in [2.24, 2.45) is 4.99 Å². The third kappa shape index (κ3) is 5.50.